The molecule has 4 N–H and O–H groups in total. The molecule has 6 nitrogen and oxygen atoms in total. The molecule has 0 bridgehead atoms. The van der Waals surface area contributed by atoms with E-state index in [-0.39, 0.29) is 11.2 Å². The first-order valence-corrected chi connectivity index (χ1v) is 4.14. The zero-order chi connectivity index (χ0) is 8.97. The van der Waals surface area contributed by atoms with Crippen LogP contribution in [0.4, 0.5) is 0 Å². The van der Waals surface area contributed by atoms with Gasteiger partial charge in [0.05, 0.1) is 5.25 Å². The van der Waals surface area contributed by atoms with Crippen molar-refractivity contribution in [3.8, 4) is 0 Å². The summed E-state index contributed by atoms with van der Waals surface area (Å²) in [7, 11) is 0. The first-order valence-electron chi connectivity index (χ1n) is 3.26. The second-order valence-electron chi connectivity index (χ2n) is 2.06. The summed E-state index contributed by atoms with van der Waals surface area (Å²) in [6.07, 6.45) is 1.38. The van der Waals surface area contributed by atoms with E-state index in [1.165, 1.54) is 18.1 Å². The normalized spacial score (nSPS) is 12.5. The average molecular weight is 187 g/mol. The lowest BCUT2D eigenvalue weighted by Gasteiger charge is -2.05. The first kappa shape index (κ1) is 9.01. The van der Waals surface area contributed by atoms with E-state index < -0.39 is 0 Å². The summed E-state index contributed by atoms with van der Waals surface area (Å²) in [6.45, 7) is 1.73. The SMILES string of the molecule is C[C@H](Sc1ncn[nH]1)C(=O)NN. The summed E-state index contributed by atoms with van der Waals surface area (Å²) in [5.41, 5.74) is 2.06. The van der Waals surface area contributed by atoms with Crippen molar-refractivity contribution in [3.63, 3.8) is 0 Å². The third kappa shape index (κ3) is 2.21. The lowest BCUT2D eigenvalue weighted by molar-refractivity contribution is -0.120. The summed E-state index contributed by atoms with van der Waals surface area (Å²) >= 11 is 1.26. The largest absolute Gasteiger partial charge is 0.293 e. The monoisotopic (exact) mass is 187 g/mol. The number of thioether (sulfide) groups is 1. The quantitative estimate of drug-likeness (QED) is 0.251. The Balaban J connectivity index is 2.47. The van der Waals surface area contributed by atoms with Crippen molar-refractivity contribution >= 4 is 17.7 Å². The highest BCUT2D eigenvalue weighted by molar-refractivity contribution is 8.00. The van der Waals surface area contributed by atoms with Gasteiger partial charge in [-0.15, -0.1) is 0 Å². The van der Waals surface area contributed by atoms with Crippen LogP contribution < -0.4 is 11.3 Å². The minimum Gasteiger partial charge on any atom is -0.293 e. The minimum atomic E-state index is -0.275. The Kier molecular flexibility index (Phi) is 3.06. The summed E-state index contributed by atoms with van der Waals surface area (Å²) < 4.78 is 0. The number of hydrogen-bond acceptors (Lipinski definition) is 5. The number of aromatic nitrogens is 3. The molecule has 1 aromatic rings. The van der Waals surface area contributed by atoms with Crippen LogP contribution in [0.25, 0.3) is 0 Å². The highest BCUT2D eigenvalue weighted by Crippen LogP contribution is 2.17. The van der Waals surface area contributed by atoms with Crippen LogP contribution in [0.1, 0.15) is 6.92 Å². The molecule has 12 heavy (non-hydrogen) atoms. The van der Waals surface area contributed by atoms with Crippen LogP contribution in [-0.2, 0) is 4.79 Å². The molecule has 1 aromatic heterocycles. The predicted octanol–water partition coefficient (Wildman–Crippen LogP) is -0.725. The fraction of sp³-hybridized carbons (Fsp3) is 0.400. The van der Waals surface area contributed by atoms with Gasteiger partial charge in [0, 0.05) is 0 Å². The molecule has 66 valence electrons. The van der Waals surface area contributed by atoms with Gasteiger partial charge in [0.25, 0.3) is 0 Å². The van der Waals surface area contributed by atoms with Crippen molar-refractivity contribution in [2.45, 2.75) is 17.3 Å². The van der Waals surface area contributed by atoms with Gasteiger partial charge < -0.3 is 0 Å². The van der Waals surface area contributed by atoms with Crippen LogP contribution in [0, 0.1) is 0 Å². The standard InChI is InChI=1S/C5H9N5OS/c1-3(4(11)9-6)12-5-7-2-8-10-5/h2-3H,6H2,1H3,(H,9,11)(H,7,8,10)/t3-/m0/s1. The van der Waals surface area contributed by atoms with E-state index in [0.717, 1.165) is 0 Å². The molecule has 0 aromatic carbocycles. The third-order valence-electron chi connectivity index (χ3n) is 1.19. The maximum absolute atomic E-state index is 10.9. The number of carbonyl (C=O) groups is 1. The van der Waals surface area contributed by atoms with Crippen LogP contribution in [-0.4, -0.2) is 26.3 Å². The zero-order valence-corrected chi connectivity index (χ0v) is 7.26. The molecule has 1 amide bonds. The molecule has 1 rings (SSSR count). The number of rotatable bonds is 3. The van der Waals surface area contributed by atoms with E-state index in [1.54, 1.807) is 6.92 Å². The van der Waals surface area contributed by atoms with E-state index in [2.05, 4.69) is 20.6 Å². The van der Waals surface area contributed by atoms with Crippen LogP contribution in [0.15, 0.2) is 11.5 Å². The number of H-pyrrole nitrogens is 1. The van der Waals surface area contributed by atoms with Crippen molar-refractivity contribution in [2.75, 3.05) is 0 Å². The van der Waals surface area contributed by atoms with Crippen molar-refractivity contribution in [2.24, 2.45) is 5.84 Å². The molecule has 7 heteroatoms. The van der Waals surface area contributed by atoms with Gasteiger partial charge in [0.1, 0.15) is 6.33 Å². The van der Waals surface area contributed by atoms with E-state index in [4.69, 9.17) is 5.84 Å². The molecule has 0 unspecified atom stereocenters. The average Bonchev–Trinajstić information content (AvgIpc) is 2.55. The fourth-order valence-electron chi connectivity index (χ4n) is 0.589. The molecule has 1 atom stereocenters. The van der Waals surface area contributed by atoms with Gasteiger partial charge in [-0.25, -0.2) is 10.8 Å². The van der Waals surface area contributed by atoms with E-state index in [0.29, 0.717) is 5.16 Å². The maximum Gasteiger partial charge on any atom is 0.247 e. The number of amides is 1. The topological polar surface area (TPSA) is 96.7 Å². The van der Waals surface area contributed by atoms with Gasteiger partial charge in [-0.1, -0.05) is 11.8 Å². The van der Waals surface area contributed by atoms with Crippen molar-refractivity contribution in [3.05, 3.63) is 6.33 Å². The van der Waals surface area contributed by atoms with E-state index >= 15 is 0 Å². The van der Waals surface area contributed by atoms with Crippen LogP contribution >= 0.6 is 11.8 Å². The van der Waals surface area contributed by atoms with Gasteiger partial charge >= 0.3 is 0 Å². The molecular weight excluding hydrogens is 178 g/mol. The lowest BCUT2D eigenvalue weighted by Crippen LogP contribution is -2.36. The predicted molar refractivity (Wildman–Crippen MR) is 44.0 cm³/mol. The Morgan fingerprint density at radius 3 is 3.17 bits per heavy atom. The van der Waals surface area contributed by atoms with Gasteiger partial charge in [-0.3, -0.25) is 15.3 Å². The Morgan fingerprint density at radius 2 is 2.67 bits per heavy atom. The van der Waals surface area contributed by atoms with Gasteiger partial charge in [-0.05, 0) is 6.92 Å². The van der Waals surface area contributed by atoms with Gasteiger partial charge in [0.2, 0.25) is 5.91 Å². The molecule has 0 fully saturated rings. The lowest BCUT2D eigenvalue weighted by atomic mass is 10.5. The first-order chi connectivity index (χ1) is 5.74. The van der Waals surface area contributed by atoms with E-state index in [1.807, 2.05) is 0 Å². The number of aromatic amines is 1. The highest BCUT2D eigenvalue weighted by Gasteiger charge is 2.13. The number of hydrogen-bond donors (Lipinski definition) is 3. The fourth-order valence-corrected chi connectivity index (χ4v) is 1.31. The van der Waals surface area contributed by atoms with Crippen molar-refractivity contribution in [1.29, 1.82) is 0 Å². The molecule has 0 saturated carbocycles. The Morgan fingerprint density at radius 1 is 1.92 bits per heavy atom. The molecule has 0 radical (unpaired) electrons. The Bertz CT molecular complexity index is 248. The second-order valence-corrected chi connectivity index (χ2v) is 3.39. The minimum absolute atomic E-state index is 0.239. The third-order valence-corrected chi connectivity index (χ3v) is 2.18. The molecule has 1 heterocycles. The number of nitrogens with zero attached hydrogens (tertiary/aromatic N) is 2. The number of nitrogens with one attached hydrogen (secondary N) is 2. The highest BCUT2D eigenvalue weighted by atomic mass is 32.2. The smallest absolute Gasteiger partial charge is 0.247 e. The summed E-state index contributed by atoms with van der Waals surface area (Å²) in [4.78, 5) is 14.8. The second kappa shape index (κ2) is 4.07. The van der Waals surface area contributed by atoms with Crippen molar-refractivity contribution < 1.29 is 4.79 Å². The summed E-state index contributed by atoms with van der Waals surface area (Å²) in [5, 5.41) is 6.60. The summed E-state index contributed by atoms with van der Waals surface area (Å²) in [6, 6.07) is 0. The zero-order valence-electron chi connectivity index (χ0n) is 6.44. The van der Waals surface area contributed by atoms with Gasteiger partial charge in [-0.2, -0.15) is 5.10 Å². The van der Waals surface area contributed by atoms with Crippen LogP contribution in [0.3, 0.4) is 0 Å². The Labute approximate surface area is 73.3 Å². The van der Waals surface area contributed by atoms with Crippen molar-refractivity contribution in [1.82, 2.24) is 20.6 Å². The molecule has 0 aliphatic rings. The molecule has 0 aliphatic carbocycles. The molecular formula is C5H9N5OS. The molecule has 0 saturated heterocycles. The maximum atomic E-state index is 10.9. The summed E-state index contributed by atoms with van der Waals surface area (Å²) in [5.74, 6) is 4.70. The molecule has 0 aliphatic heterocycles. The van der Waals surface area contributed by atoms with Crippen LogP contribution in [0.5, 0.6) is 0 Å². The number of nitrogens with two attached hydrogens (primary N) is 1. The van der Waals surface area contributed by atoms with E-state index in [9.17, 15) is 4.79 Å². The van der Waals surface area contributed by atoms with Gasteiger partial charge in [0.15, 0.2) is 5.16 Å². The number of hydrazine groups is 1. The number of carbonyl (C=O) groups excluding carboxylic acids is 1. The Hall–Kier alpha value is -1.08. The van der Waals surface area contributed by atoms with Crippen LogP contribution in [0.2, 0.25) is 0 Å². The molecule has 0 spiro atoms.